The Balaban J connectivity index is 2.06. The molecule has 0 atom stereocenters. The van der Waals surface area contributed by atoms with Crippen molar-refractivity contribution in [1.29, 1.82) is 5.26 Å². The average molecular weight is 215 g/mol. The smallest absolute Gasteiger partial charge is 0.141 e. The van der Waals surface area contributed by atoms with Gasteiger partial charge in [-0.2, -0.15) is 5.26 Å². The molecule has 16 heavy (non-hydrogen) atoms. The zero-order valence-electron chi connectivity index (χ0n) is 8.57. The van der Waals surface area contributed by atoms with Gasteiger partial charge >= 0.3 is 0 Å². The van der Waals surface area contributed by atoms with E-state index in [-0.39, 0.29) is 5.56 Å². The second-order valence-corrected chi connectivity index (χ2v) is 3.50. The zero-order valence-corrected chi connectivity index (χ0v) is 8.57. The fourth-order valence-corrected chi connectivity index (χ4v) is 1.51. The summed E-state index contributed by atoms with van der Waals surface area (Å²) in [5.74, 6) is -0.454. The van der Waals surface area contributed by atoms with Crippen LogP contribution < -0.4 is 0 Å². The Morgan fingerprint density at radius 2 is 2.25 bits per heavy atom. The molecule has 2 aromatic rings. The molecule has 2 rings (SSSR count). The number of nitriles is 1. The van der Waals surface area contributed by atoms with Gasteiger partial charge in [0.05, 0.1) is 11.9 Å². The van der Waals surface area contributed by atoms with Gasteiger partial charge in [0.15, 0.2) is 0 Å². The molecular weight excluding hydrogens is 205 g/mol. The first-order valence-corrected chi connectivity index (χ1v) is 4.95. The predicted molar refractivity (Wildman–Crippen MR) is 57.1 cm³/mol. The number of benzene rings is 1. The number of halogens is 1. The lowest BCUT2D eigenvalue weighted by Crippen LogP contribution is -1.93. The Morgan fingerprint density at radius 3 is 2.88 bits per heavy atom. The Kier molecular flexibility index (Phi) is 2.97. The normalized spacial score (nSPS) is 10.0. The largest absolute Gasteiger partial charge is 0.348 e. The third-order valence-electron chi connectivity index (χ3n) is 2.39. The molecule has 1 aromatic carbocycles. The summed E-state index contributed by atoms with van der Waals surface area (Å²) in [5, 5.41) is 8.59. The summed E-state index contributed by atoms with van der Waals surface area (Å²) >= 11 is 0. The molecule has 3 nitrogen and oxygen atoms in total. The molecule has 0 bridgehead atoms. The molecule has 1 heterocycles. The first-order valence-electron chi connectivity index (χ1n) is 4.95. The van der Waals surface area contributed by atoms with Crippen LogP contribution in [0.5, 0.6) is 0 Å². The molecular formula is C12H10FN3. The van der Waals surface area contributed by atoms with Gasteiger partial charge in [0.1, 0.15) is 11.9 Å². The first kappa shape index (κ1) is 10.4. The summed E-state index contributed by atoms with van der Waals surface area (Å²) in [6.45, 7) is 0. The number of aryl methyl sites for hydroxylation is 2. The van der Waals surface area contributed by atoms with Crippen LogP contribution in [0.2, 0.25) is 0 Å². The number of aromatic nitrogens is 2. The van der Waals surface area contributed by atoms with Gasteiger partial charge in [-0.3, -0.25) is 0 Å². The van der Waals surface area contributed by atoms with Gasteiger partial charge in [0, 0.05) is 11.9 Å². The lowest BCUT2D eigenvalue weighted by atomic mass is 10.1. The van der Waals surface area contributed by atoms with Gasteiger partial charge in [0.2, 0.25) is 0 Å². The minimum atomic E-state index is -0.454. The molecule has 0 aliphatic heterocycles. The van der Waals surface area contributed by atoms with Crippen molar-refractivity contribution >= 4 is 0 Å². The van der Waals surface area contributed by atoms with Crippen LogP contribution in [0.15, 0.2) is 30.7 Å². The van der Waals surface area contributed by atoms with Crippen molar-refractivity contribution in [1.82, 2.24) is 9.97 Å². The van der Waals surface area contributed by atoms with Crippen LogP contribution in [-0.4, -0.2) is 9.97 Å². The standard InChI is InChI=1S/C12H10FN3/c13-12-5-9(1-3-10(12)6-14)2-4-11-7-15-8-16-11/h1,3,5,7-8H,2,4H2,(H,15,16). The maximum atomic E-state index is 13.3. The minimum absolute atomic E-state index is 0.0882. The van der Waals surface area contributed by atoms with Gasteiger partial charge < -0.3 is 4.98 Å². The number of aromatic amines is 1. The number of nitrogens with zero attached hydrogens (tertiary/aromatic N) is 2. The van der Waals surface area contributed by atoms with E-state index in [0.29, 0.717) is 0 Å². The number of H-pyrrole nitrogens is 1. The van der Waals surface area contributed by atoms with Gasteiger partial charge in [0.25, 0.3) is 0 Å². The van der Waals surface area contributed by atoms with E-state index in [1.165, 1.54) is 12.1 Å². The lowest BCUT2D eigenvalue weighted by molar-refractivity contribution is 0.621. The van der Waals surface area contributed by atoms with Crippen molar-refractivity contribution in [3.8, 4) is 6.07 Å². The fourth-order valence-electron chi connectivity index (χ4n) is 1.51. The van der Waals surface area contributed by atoms with E-state index in [9.17, 15) is 4.39 Å². The van der Waals surface area contributed by atoms with Crippen LogP contribution in [0, 0.1) is 17.1 Å². The molecule has 1 aromatic heterocycles. The van der Waals surface area contributed by atoms with Crippen molar-refractivity contribution in [3.05, 3.63) is 53.4 Å². The van der Waals surface area contributed by atoms with E-state index < -0.39 is 5.82 Å². The summed E-state index contributed by atoms with van der Waals surface area (Å²) < 4.78 is 13.3. The van der Waals surface area contributed by atoms with Crippen LogP contribution in [0.25, 0.3) is 0 Å². The molecule has 0 radical (unpaired) electrons. The van der Waals surface area contributed by atoms with E-state index in [2.05, 4.69) is 9.97 Å². The highest BCUT2D eigenvalue weighted by molar-refractivity contribution is 5.33. The highest BCUT2D eigenvalue weighted by Crippen LogP contribution is 2.11. The molecule has 0 aliphatic rings. The molecule has 80 valence electrons. The number of rotatable bonds is 3. The van der Waals surface area contributed by atoms with Crippen molar-refractivity contribution in [2.24, 2.45) is 0 Å². The molecule has 0 saturated carbocycles. The van der Waals surface area contributed by atoms with Crippen LogP contribution in [-0.2, 0) is 12.8 Å². The average Bonchev–Trinajstić information content (AvgIpc) is 2.79. The van der Waals surface area contributed by atoms with Crippen molar-refractivity contribution < 1.29 is 4.39 Å². The quantitative estimate of drug-likeness (QED) is 0.853. The Morgan fingerprint density at radius 1 is 1.38 bits per heavy atom. The molecule has 0 spiro atoms. The van der Waals surface area contributed by atoms with E-state index in [1.54, 1.807) is 24.7 Å². The molecule has 0 unspecified atom stereocenters. The second kappa shape index (κ2) is 4.58. The number of nitrogens with one attached hydrogen (secondary N) is 1. The monoisotopic (exact) mass is 215 g/mol. The van der Waals surface area contributed by atoms with E-state index >= 15 is 0 Å². The molecule has 4 heteroatoms. The van der Waals surface area contributed by atoms with Crippen LogP contribution in [0.1, 0.15) is 16.8 Å². The SMILES string of the molecule is N#Cc1ccc(CCc2cnc[nH]2)cc1F. The van der Waals surface area contributed by atoms with Gasteiger partial charge in [-0.15, -0.1) is 0 Å². The van der Waals surface area contributed by atoms with Crippen molar-refractivity contribution in [2.45, 2.75) is 12.8 Å². The number of hydrogen-bond donors (Lipinski definition) is 1. The molecule has 0 fully saturated rings. The Bertz CT molecular complexity index is 512. The minimum Gasteiger partial charge on any atom is -0.348 e. The lowest BCUT2D eigenvalue weighted by Gasteiger charge is -2.01. The highest BCUT2D eigenvalue weighted by atomic mass is 19.1. The Labute approximate surface area is 92.6 Å². The van der Waals surface area contributed by atoms with Gasteiger partial charge in [-0.1, -0.05) is 6.07 Å². The molecule has 0 aliphatic carbocycles. The first-order chi connectivity index (χ1) is 7.79. The van der Waals surface area contributed by atoms with Gasteiger partial charge in [-0.25, -0.2) is 9.37 Å². The molecule has 0 saturated heterocycles. The zero-order chi connectivity index (χ0) is 11.4. The number of hydrogen-bond acceptors (Lipinski definition) is 2. The fraction of sp³-hybridized carbons (Fsp3) is 0.167. The summed E-state index contributed by atoms with van der Waals surface area (Å²) in [6, 6.07) is 6.50. The molecule has 0 amide bonds. The summed E-state index contributed by atoms with van der Waals surface area (Å²) in [6.07, 6.45) is 4.88. The third-order valence-corrected chi connectivity index (χ3v) is 2.39. The molecule has 1 N–H and O–H groups in total. The maximum absolute atomic E-state index is 13.3. The predicted octanol–water partition coefficient (Wildman–Crippen LogP) is 2.21. The topological polar surface area (TPSA) is 52.5 Å². The van der Waals surface area contributed by atoms with Crippen LogP contribution in [0.3, 0.4) is 0 Å². The third kappa shape index (κ3) is 2.26. The summed E-state index contributed by atoms with van der Waals surface area (Å²) in [7, 11) is 0. The van der Waals surface area contributed by atoms with Crippen molar-refractivity contribution in [2.75, 3.05) is 0 Å². The van der Waals surface area contributed by atoms with Gasteiger partial charge in [-0.05, 0) is 30.5 Å². The maximum Gasteiger partial charge on any atom is 0.141 e. The van der Waals surface area contributed by atoms with E-state index in [0.717, 1.165) is 24.1 Å². The summed E-state index contributed by atoms with van der Waals surface area (Å²) in [5.41, 5.74) is 1.99. The second-order valence-electron chi connectivity index (χ2n) is 3.50. The summed E-state index contributed by atoms with van der Waals surface area (Å²) in [4.78, 5) is 6.89. The van der Waals surface area contributed by atoms with Crippen LogP contribution >= 0.6 is 0 Å². The van der Waals surface area contributed by atoms with E-state index in [1.807, 2.05) is 0 Å². The Hall–Kier alpha value is -2.15. The van der Waals surface area contributed by atoms with Crippen molar-refractivity contribution in [3.63, 3.8) is 0 Å². The highest BCUT2D eigenvalue weighted by Gasteiger charge is 2.03. The number of imidazole rings is 1. The van der Waals surface area contributed by atoms with Crippen LogP contribution in [0.4, 0.5) is 4.39 Å². The van der Waals surface area contributed by atoms with E-state index in [4.69, 9.17) is 5.26 Å².